The van der Waals surface area contributed by atoms with Gasteiger partial charge in [-0.2, -0.15) is 0 Å². The number of rotatable bonds is 16. The highest BCUT2D eigenvalue weighted by Crippen LogP contribution is 2.33. The van der Waals surface area contributed by atoms with Crippen molar-refractivity contribution in [2.45, 2.75) is 62.0 Å². The minimum absolute atomic E-state index is 0.148. The van der Waals surface area contributed by atoms with Gasteiger partial charge in [-0.15, -0.1) is 0 Å². The van der Waals surface area contributed by atoms with Gasteiger partial charge in [-0.1, -0.05) is 140 Å². The number of ether oxygens (including phenoxy) is 5. The lowest BCUT2D eigenvalue weighted by Crippen LogP contribution is -2.62. The van der Waals surface area contributed by atoms with E-state index in [1.807, 2.05) is 127 Å². The maximum atomic E-state index is 14.0. The van der Waals surface area contributed by atoms with Crippen LogP contribution in [0.4, 0.5) is 0 Å². The highest BCUT2D eigenvalue weighted by atomic mass is 32.8. The van der Waals surface area contributed by atoms with Crippen LogP contribution < -0.4 is 0 Å². The second kappa shape index (κ2) is 17.8. The van der Waals surface area contributed by atoms with Crippen molar-refractivity contribution in [2.24, 2.45) is 0 Å². The Morgan fingerprint density at radius 2 is 0.898 bits per heavy atom. The summed E-state index contributed by atoms with van der Waals surface area (Å²) in [4.78, 5) is 0.372. The predicted octanol–water partition coefficient (Wildman–Crippen LogP) is 7.42. The van der Waals surface area contributed by atoms with E-state index in [1.54, 1.807) is 24.3 Å². The molecule has 1 fully saturated rings. The summed E-state index contributed by atoms with van der Waals surface area (Å²) in [6.07, 6.45) is -4.11. The largest absolute Gasteiger partial charge is 0.374 e. The van der Waals surface area contributed by atoms with E-state index in [0.29, 0.717) is 18.1 Å². The molecule has 9 heteroatoms. The summed E-state index contributed by atoms with van der Waals surface area (Å²) < 4.78 is 53.1. The third-order valence-corrected chi connectivity index (χ3v) is 10.2. The fourth-order valence-corrected chi connectivity index (χ4v) is 7.16. The Bertz CT molecular complexity index is 1780. The normalized spacial score (nSPS) is 21.9. The average molecular weight is 697 g/mol. The summed E-state index contributed by atoms with van der Waals surface area (Å²) in [5.41, 5.74) is 3.93. The Hall–Kier alpha value is -3.77. The molecular weight excluding hydrogens is 657 g/mol. The fraction of sp³-hybridized carbons (Fsp3) is 0.250. The van der Waals surface area contributed by atoms with Crippen molar-refractivity contribution in [3.05, 3.63) is 174 Å². The molecule has 49 heavy (non-hydrogen) atoms. The first kappa shape index (κ1) is 35.1. The molecule has 1 heterocycles. The maximum absolute atomic E-state index is 14.0. The van der Waals surface area contributed by atoms with Crippen LogP contribution in [0, 0.1) is 0 Å². The van der Waals surface area contributed by atoms with Gasteiger partial charge < -0.3 is 23.7 Å². The molecule has 7 nitrogen and oxygen atoms in total. The molecule has 0 saturated carbocycles. The molecule has 1 aliphatic rings. The molecule has 5 aromatic rings. The number of benzene rings is 5. The molecule has 254 valence electrons. The topological polar surface area (TPSA) is 72.5 Å². The quantitative estimate of drug-likeness (QED) is 0.106. The summed E-state index contributed by atoms with van der Waals surface area (Å²) >= 11 is 5.60. The van der Waals surface area contributed by atoms with Gasteiger partial charge >= 0.3 is 0 Å². The monoisotopic (exact) mass is 696 g/mol. The Balaban J connectivity index is 1.34. The van der Waals surface area contributed by atoms with Crippen LogP contribution in [0.5, 0.6) is 0 Å². The van der Waals surface area contributed by atoms with Crippen molar-refractivity contribution in [1.29, 1.82) is 0 Å². The lowest BCUT2D eigenvalue weighted by atomic mass is 9.98. The van der Waals surface area contributed by atoms with Gasteiger partial charge in [0, 0.05) is 11.2 Å². The van der Waals surface area contributed by atoms with Gasteiger partial charge in [0.15, 0.2) is 8.77 Å². The first-order chi connectivity index (χ1) is 24.0. The van der Waals surface area contributed by atoms with Crippen molar-refractivity contribution < 1.29 is 32.1 Å². The van der Waals surface area contributed by atoms with Crippen molar-refractivity contribution in [3.8, 4) is 0 Å². The lowest BCUT2D eigenvalue weighted by molar-refractivity contribution is -0.308. The van der Waals surface area contributed by atoms with E-state index in [2.05, 4.69) is 0 Å². The highest BCUT2D eigenvalue weighted by Gasteiger charge is 2.50. The predicted molar refractivity (Wildman–Crippen MR) is 191 cm³/mol. The summed E-state index contributed by atoms with van der Waals surface area (Å²) in [6.45, 7) is 1.31. The molecule has 6 rings (SSSR count). The van der Waals surface area contributed by atoms with Crippen LogP contribution in [0.1, 0.15) is 22.3 Å². The van der Waals surface area contributed by atoms with Crippen LogP contribution in [0.2, 0.25) is 0 Å². The minimum atomic E-state index is -3.43. The first-order valence-corrected chi connectivity index (χ1v) is 18.7. The highest BCUT2D eigenvalue weighted by molar-refractivity contribution is 8.30. The summed E-state index contributed by atoms with van der Waals surface area (Å²) in [5.74, 6) is 0. The Morgan fingerprint density at radius 1 is 0.510 bits per heavy atom. The molecule has 0 bridgehead atoms. The van der Waals surface area contributed by atoms with Crippen LogP contribution in [-0.2, 0) is 74.3 Å². The molecule has 1 unspecified atom stereocenters. The second-order valence-electron chi connectivity index (χ2n) is 11.7. The third-order valence-electron chi connectivity index (χ3n) is 8.09. The number of hydrogen-bond donors (Lipinski definition) is 0. The van der Waals surface area contributed by atoms with E-state index in [0.717, 1.165) is 22.3 Å². The zero-order valence-electron chi connectivity index (χ0n) is 27.0. The van der Waals surface area contributed by atoms with Gasteiger partial charge in [-0.3, -0.25) is 4.18 Å². The molecule has 5 aromatic carbocycles. The van der Waals surface area contributed by atoms with Gasteiger partial charge in [0.2, 0.25) is 6.29 Å². The van der Waals surface area contributed by atoms with E-state index in [1.165, 1.54) is 0 Å². The molecule has 1 aliphatic heterocycles. The van der Waals surface area contributed by atoms with Gasteiger partial charge in [-0.25, -0.2) is 4.21 Å². The second-order valence-corrected chi connectivity index (χ2v) is 14.6. The molecule has 0 spiro atoms. The van der Waals surface area contributed by atoms with Crippen LogP contribution >= 0.6 is 0 Å². The van der Waals surface area contributed by atoms with Crippen LogP contribution in [0.25, 0.3) is 0 Å². The van der Waals surface area contributed by atoms with Crippen LogP contribution in [0.15, 0.2) is 157 Å². The molecule has 0 radical (unpaired) electrons. The molecule has 0 amide bonds. The van der Waals surface area contributed by atoms with Gasteiger partial charge in [-0.05, 0) is 34.4 Å². The van der Waals surface area contributed by atoms with Crippen molar-refractivity contribution in [2.75, 3.05) is 6.61 Å². The minimum Gasteiger partial charge on any atom is -0.374 e. The molecule has 0 aliphatic carbocycles. The van der Waals surface area contributed by atoms with E-state index in [4.69, 9.17) is 39.1 Å². The zero-order chi connectivity index (χ0) is 33.7. The SMILES string of the molecule is O=S(=S)(O[C@@H]1O[C@H](COCc2ccccc2)[C@@H](OCc2ccccc2)[C@H](OCc2ccccc2)[C@H]1OCc1ccccc1)c1ccccc1. The van der Waals surface area contributed by atoms with Gasteiger partial charge in [0.1, 0.15) is 24.4 Å². The molecule has 1 saturated heterocycles. The third kappa shape index (κ3) is 10.1. The van der Waals surface area contributed by atoms with Gasteiger partial charge in [0.05, 0.1) is 37.9 Å². The molecular formula is C40H40O7S2. The van der Waals surface area contributed by atoms with Crippen molar-refractivity contribution in [1.82, 2.24) is 0 Å². The fourth-order valence-electron chi connectivity index (χ4n) is 5.59. The first-order valence-electron chi connectivity index (χ1n) is 16.3. The number of hydrogen-bond acceptors (Lipinski definition) is 8. The maximum Gasteiger partial charge on any atom is 0.202 e. The Kier molecular flexibility index (Phi) is 12.7. The van der Waals surface area contributed by atoms with Crippen LogP contribution in [-0.4, -0.2) is 41.5 Å². The molecule has 6 atom stereocenters. The van der Waals surface area contributed by atoms with Crippen molar-refractivity contribution >= 4 is 20.0 Å². The van der Waals surface area contributed by atoms with E-state index >= 15 is 0 Å². The summed E-state index contributed by atoms with van der Waals surface area (Å²) in [5, 5.41) is 0. The summed E-state index contributed by atoms with van der Waals surface area (Å²) in [6, 6.07) is 48.3. The molecule has 0 aromatic heterocycles. The standard InChI is InChI=1S/C40H40O7S2/c41-49(48,35-24-14-5-15-25-35)47-40-39(45-29-34-22-12-4-13-23-34)38(44-28-33-20-10-3-11-21-33)37(43-27-32-18-8-2-9-19-32)36(46-40)30-42-26-31-16-6-1-7-17-31/h1-25,36-40H,26-30H2/t36-,37-,38+,39-,40+,49?/m1/s1. The molecule has 0 N–H and O–H groups in total. The Labute approximate surface area is 293 Å². The van der Waals surface area contributed by atoms with E-state index in [-0.39, 0.29) is 19.8 Å². The van der Waals surface area contributed by atoms with E-state index < -0.39 is 39.5 Å². The van der Waals surface area contributed by atoms with Crippen LogP contribution in [0.3, 0.4) is 0 Å². The van der Waals surface area contributed by atoms with E-state index in [9.17, 15) is 4.21 Å². The zero-order valence-corrected chi connectivity index (χ0v) is 28.7. The Morgan fingerprint density at radius 3 is 1.37 bits per heavy atom. The lowest BCUT2D eigenvalue weighted by Gasteiger charge is -2.45. The smallest absolute Gasteiger partial charge is 0.202 e. The van der Waals surface area contributed by atoms with Crippen molar-refractivity contribution in [3.63, 3.8) is 0 Å². The van der Waals surface area contributed by atoms with Gasteiger partial charge in [0.25, 0.3) is 0 Å². The average Bonchev–Trinajstić information content (AvgIpc) is 3.15. The summed E-state index contributed by atoms with van der Waals surface area (Å²) in [7, 11) is -3.43.